The van der Waals surface area contributed by atoms with Gasteiger partial charge in [0.15, 0.2) is 0 Å². The Hall–Kier alpha value is -3.95. The Morgan fingerprint density at radius 3 is 1.93 bits per heavy atom. The molecule has 0 saturated heterocycles. The zero-order chi connectivity index (χ0) is 41.6. The van der Waals surface area contributed by atoms with Gasteiger partial charge in [-0.15, -0.1) is 0 Å². The van der Waals surface area contributed by atoms with Gasteiger partial charge in [-0.3, -0.25) is 9.59 Å². The van der Waals surface area contributed by atoms with Gasteiger partial charge >= 0.3 is 8.60 Å². The SMILES string of the molecule is CC.CC.CN.N/C1=C(\N(N)Cc2ccccc2)c2ccccc2CN(C(=O)CCCCC(=O)NCCOCCOCCOCCOP(O)O)c2ccccc21. The summed E-state index contributed by atoms with van der Waals surface area (Å²) in [6.07, 6.45) is 1.73. The predicted octanol–water partition coefficient (Wildman–Crippen LogP) is 5.28. The number of anilines is 1. The highest BCUT2D eigenvalue weighted by Gasteiger charge is 2.27. The molecule has 0 fully saturated rings. The number of para-hydroxylation sites is 1. The van der Waals surface area contributed by atoms with Crippen LogP contribution < -0.4 is 27.5 Å². The van der Waals surface area contributed by atoms with Crippen LogP contribution in [-0.4, -0.2) is 86.5 Å². The molecule has 15 heteroatoms. The van der Waals surface area contributed by atoms with E-state index in [0.717, 1.165) is 27.9 Å². The van der Waals surface area contributed by atoms with Crippen LogP contribution in [0.2, 0.25) is 0 Å². The molecular formula is C41H65N6O8P. The minimum absolute atomic E-state index is 0.0452. The fraction of sp³-hybridized carbons (Fsp3) is 0.463. The normalized spacial score (nSPS) is 12.9. The van der Waals surface area contributed by atoms with Crippen LogP contribution in [0.3, 0.4) is 0 Å². The molecule has 0 bridgehead atoms. The van der Waals surface area contributed by atoms with Crippen molar-refractivity contribution in [3.63, 3.8) is 0 Å². The summed E-state index contributed by atoms with van der Waals surface area (Å²) in [6, 6.07) is 25.5. The third-order valence-electron chi connectivity index (χ3n) is 7.92. The van der Waals surface area contributed by atoms with Crippen LogP contribution in [-0.2, 0) is 41.4 Å². The topological polar surface area (TPSA) is 208 Å². The van der Waals surface area contributed by atoms with Crippen LogP contribution in [0, 0.1) is 0 Å². The highest BCUT2D eigenvalue weighted by molar-refractivity contribution is 7.39. The Morgan fingerprint density at radius 1 is 0.750 bits per heavy atom. The second-order valence-corrected chi connectivity index (χ2v) is 12.3. The summed E-state index contributed by atoms with van der Waals surface area (Å²) in [5, 5.41) is 4.52. The lowest BCUT2D eigenvalue weighted by atomic mass is 9.95. The monoisotopic (exact) mass is 800 g/mol. The minimum Gasteiger partial charge on any atom is -0.396 e. The number of hydrogen-bond acceptors (Lipinski definition) is 12. The molecule has 0 atom stereocenters. The quantitative estimate of drug-likeness (QED) is 0.0352. The lowest BCUT2D eigenvalue weighted by molar-refractivity contribution is -0.122. The van der Waals surface area contributed by atoms with Crippen molar-refractivity contribution in [2.45, 2.75) is 66.5 Å². The van der Waals surface area contributed by atoms with Crippen molar-refractivity contribution in [2.75, 3.05) is 64.7 Å². The summed E-state index contributed by atoms with van der Waals surface area (Å²) in [4.78, 5) is 45.1. The number of benzene rings is 3. The van der Waals surface area contributed by atoms with E-state index in [9.17, 15) is 9.59 Å². The summed E-state index contributed by atoms with van der Waals surface area (Å²) < 4.78 is 20.7. The molecule has 0 aromatic heterocycles. The largest absolute Gasteiger partial charge is 0.396 e. The number of rotatable bonds is 21. The van der Waals surface area contributed by atoms with E-state index in [2.05, 4.69) is 15.6 Å². The van der Waals surface area contributed by atoms with Crippen LogP contribution in [0.15, 0.2) is 78.9 Å². The predicted molar refractivity (Wildman–Crippen MR) is 225 cm³/mol. The molecule has 0 unspecified atom stereocenters. The number of hydrogen-bond donors (Lipinski definition) is 6. The molecule has 312 valence electrons. The van der Waals surface area contributed by atoms with Gasteiger partial charge in [0, 0.05) is 30.5 Å². The number of unbranched alkanes of at least 4 members (excludes halogenated alkanes) is 1. The zero-order valence-corrected chi connectivity index (χ0v) is 34.7. The second kappa shape index (κ2) is 31.2. The number of nitrogens with one attached hydrogen (secondary N) is 1. The molecule has 1 aliphatic rings. The number of ether oxygens (including phenoxy) is 3. The molecule has 4 rings (SSSR count). The first-order valence-corrected chi connectivity index (χ1v) is 20.4. The molecule has 3 aromatic rings. The number of fused-ring (bicyclic) bond motifs is 2. The van der Waals surface area contributed by atoms with Gasteiger partial charge in [0.2, 0.25) is 11.8 Å². The van der Waals surface area contributed by atoms with E-state index < -0.39 is 8.60 Å². The summed E-state index contributed by atoms with van der Waals surface area (Å²) in [5.74, 6) is 6.57. The van der Waals surface area contributed by atoms with Crippen molar-refractivity contribution in [3.05, 3.63) is 101 Å². The summed E-state index contributed by atoms with van der Waals surface area (Å²) >= 11 is 0. The van der Waals surface area contributed by atoms with Crippen LogP contribution in [0.5, 0.6) is 0 Å². The average molecular weight is 801 g/mol. The van der Waals surface area contributed by atoms with E-state index in [1.165, 1.54) is 7.05 Å². The van der Waals surface area contributed by atoms with Crippen LogP contribution >= 0.6 is 8.60 Å². The highest BCUT2D eigenvalue weighted by Crippen LogP contribution is 2.37. The number of nitrogens with two attached hydrogens (primary N) is 3. The molecule has 0 spiro atoms. The molecule has 0 saturated carbocycles. The Balaban J connectivity index is 0.00000249. The third-order valence-corrected chi connectivity index (χ3v) is 8.33. The fourth-order valence-corrected chi connectivity index (χ4v) is 5.75. The summed E-state index contributed by atoms with van der Waals surface area (Å²) in [5.41, 5.74) is 16.9. The van der Waals surface area contributed by atoms with E-state index in [1.807, 2.05) is 107 Å². The van der Waals surface area contributed by atoms with Gasteiger partial charge in [-0.1, -0.05) is 100 Å². The Kier molecular flexibility index (Phi) is 27.9. The molecule has 3 aromatic carbocycles. The number of carbonyl (C=O) groups excluding carboxylic acids is 2. The molecule has 9 N–H and O–H groups in total. The van der Waals surface area contributed by atoms with Crippen molar-refractivity contribution in [3.8, 4) is 0 Å². The standard InChI is InChI=1S/C36H48N5O8P.2C2H6.CH5N/c37-35-31-14-6-7-15-32(31)40(27-29-12-4-5-13-30(29)36(35)41(38)26-28-10-2-1-3-11-28)34(43)17-9-8-16-33(42)39-18-19-46-20-21-47-22-23-48-24-25-49-50(44)45;3*1-2/h1-7,10-15,44-45H,8-9,16-27,37-38H2,(H,39,42);2*1-2H3;2H2,1H3/b36-35-;;;. The van der Waals surface area contributed by atoms with Crippen molar-refractivity contribution >= 4 is 37.5 Å². The Morgan fingerprint density at radius 2 is 1.29 bits per heavy atom. The molecular weight excluding hydrogens is 735 g/mol. The number of amides is 2. The van der Waals surface area contributed by atoms with Gasteiger partial charge in [0.05, 0.1) is 76.4 Å². The first-order chi connectivity index (χ1) is 27.3. The minimum atomic E-state index is -2.35. The molecule has 56 heavy (non-hydrogen) atoms. The lowest BCUT2D eigenvalue weighted by Crippen LogP contribution is -2.36. The van der Waals surface area contributed by atoms with Gasteiger partial charge in [0.1, 0.15) is 0 Å². The van der Waals surface area contributed by atoms with Gasteiger partial charge in [-0.2, -0.15) is 0 Å². The third kappa shape index (κ3) is 18.3. The summed E-state index contributed by atoms with van der Waals surface area (Å²) in [6.45, 7) is 11.4. The highest BCUT2D eigenvalue weighted by atomic mass is 31.2. The van der Waals surface area contributed by atoms with Gasteiger partial charge in [-0.25, -0.2) is 5.84 Å². The fourth-order valence-electron chi connectivity index (χ4n) is 5.51. The number of carbonyl (C=O) groups is 2. The molecule has 0 radical (unpaired) electrons. The molecule has 0 aliphatic carbocycles. The van der Waals surface area contributed by atoms with Crippen LogP contribution in [0.25, 0.3) is 11.4 Å². The number of nitrogens with zero attached hydrogens (tertiary/aromatic N) is 2. The molecule has 1 heterocycles. The maximum atomic E-state index is 13.7. The van der Waals surface area contributed by atoms with Crippen molar-refractivity contribution in [2.24, 2.45) is 17.3 Å². The van der Waals surface area contributed by atoms with E-state index in [1.54, 1.807) is 9.91 Å². The second-order valence-electron chi connectivity index (χ2n) is 11.5. The first kappa shape index (κ1) is 50.1. The molecule has 14 nitrogen and oxygen atoms in total. The van der Waals surface area contributed by atoms with E-state index in [0.29, 0.717) is 83.3 Å². The maximum Gasteiger partial charge on any atom is 0.327 e. The lowest BCUT2D eigenvalue weighted by Gasteiger charge is -2.33. The molecule has 1 aliphatic heterocycles. The maximum absolute atomic E-state index is 13.7. The van der Waals surface area contributed by atoms with Crippen molar-refractivity contribution in [1.29, 1.82) is 0 Å². The number of hydrazine groups is 1. The van der Waals surface area contributed by atoms with Gasteiger partial charge < -0.3 is 55.2 Å². The van der Waals surface area contributed by atoms with Crippen LogP contribution in [0.4, 0.5) is 5.69 Å². The van der Waals surface area contributed by atoms with E-state index >= 15 is 0 Å². The van der Waals surface area contributed by atoms with Gasteiger partial charge in [0.25, 0.3) is 0 Å². The van der Waals surface area contributed by atoms with E-state index in [4.69, 9.17) is 35.6 Å². The zero-order valence-electron chi connectivity index (χ0n) is 33.8. The average Bonchev–Trinajstić information content (AvgIpc) is 3.22. The van der Waals surface area contributed by atoms with E-state index in [-0.39, 0.29) is 31.4 Å². The smallest absolute Gasteiger partial charge is 0.327 e. The Labute approximate surface area is 334 Å². The van der Waals surface area contributed by atoms with Gasteiger partial charge in [-0.05, 0) is 37.1 Å². The van der Waals surface area contributed by atoms with Crippen molar-refractivity contribution in [1.82, 2.24) is 10.3 Å². The first-order valence-electron chi connectivity index (χ1n) is 19.3. The Bertz CT molecular complexity index is 1530. The molecule has 2 amide bonds. The summed E-state index contributed by atoms with van der Waals surface area (Å²) in [7, 11) is -0.852. The van der Waals surface area contributed by atoms with Crippen molar-refractivity contribution < 1.29 is 38.1 Å². The van der Waals surface area contributed by atoms with Crippen LogP contribution in [0.1, 0.15) is 75.6 Å².